The van der Waals surface area contributed by atoms with Crippen LogP contribution in [0.1, 0.15) is 13.3 Å². The average molecular weight is 172 g/mol. The number of nitrogens with two attached hydrogens (primary N) is 1. The predicted molar refractivity (Wildman–Crippen MR) is 50.1 cm³/mol. The second kappa shape index (κ2) is 4.80. The molecule has 1 aliphatic rings. The third kappa shape index (κ3) is 2.73. The lowest BCUT2D eigenvalue weighted by molar-refractivity contribution is 0.173. The maximum absolute atomic E-state index is 5.87. The lowest BCUT2D eigenvalue weighted by Gasteiger charge is -2.21. The van der Waals surface area contributed by atoms with Crippen LogP contribution in [0.3, 0.4) is 0 Å². The van der Waals surface area contributed by atoms with E-state index in [2.05, 4.69) is 18.9 Å². The Kier molecular flexibility index (Phi) is 3.98. The minimum absolute atomic E-state index is 0.254. The van der Waals surface area contributed by atoms with E-state index in [4.69, 9.17) is 10.5 Å². The third-order valence-corrected chi connectivity index (χ3v) is 2.40. The van der Waals surface area contributed by atoms with Crippen LogP contribution in [0.5, 0.6) is 0 Å². The molecule has 2 unspecified atom stereocenters. The molecule has 0 radical (unpaired) electrons. The molecule has 0 aromatic carbocycles. The molecule has 2 N–H and O–H groups in total. The van der Waals surface area contributed by atoms with Crippen molar-refractivity contribution in [1.29, 1.82) is 0 Å². The standard InChI is InChI=1S/C9H20N2O/c1-3-4-11(2)5-8-6-12-7-9(8)10/h8-9H,3-7,10H2,1-2H3. The molecule has 0 aromatic heterocycles. The Bertz CT molecular complexity index is 130. The summed E-state index contributed by atoms with van der Waals surface area (Å²) in [6.07, 6.45) is 1.21. The molecule has 1 saturated heterocycles. The lowest BCUT2D eigenvalue weighted by atomic mass is 10.0. The zero-order valence-electron chi connectivity index (χ0n) is 8.12. The van der Waals surface area contributed by atoms with Crippen LogP contribution in [0, 0.1) is 5.92 Å². The van der Waals surface area contributed by atoms with Crippen molar-refractivity contribution in [3.63, 3.8) is 0 Å². The van der Waals surface area contributed by atoms with E-state index in [1.165, 1.54) is 6.42 Å². The minimum atomic E-state index is 0.254. The van der Waals surface area contributed by atoms with Crippen molar-refractivity contribution in [3.8, 4) is 0 Å². The molecule has 12 heavy (non-hydrogen) atoms. The van der Waals surface area contributed by atoms with Gasteiger partial charge in [0.15, 0.2) is 0 Å². The van der Waals surface area contributed by atoms with Gasteiger partial charge in [0.05, 0.1) is 13.2 Å². The Labute approximate surface area is 74.9 Å². The zero-order chi connectivity index (χ0) is 8.97. The monoisotopic (exact) mass is 172 g/mol. The molecule has 72 valence electrons. The molecule has 0 amide bonds. The normalized spacial score (nSPS) is 30.0. The van der Waals surface area contributed by atoms with Gasteiger partial charge in [-0.3, -0.25) is 0 Å². The van der Waals surface area contributed by atoms with Crippen LogP contribution >= 0.6 is 0 Å². The third-order valence-electron chi connectivity index (χ3n) is 2.40. The van der Waals surface area contributed by atoms with Gasteiger partial charge < -0.3 is 15.4 Å². The molecular weight excluding hydrogens is 152 g/mol. The largest absolute Gasteiger partial charge is 0.379 e. The van der Waals surface area contributed by atoms with Gasteiger partial charge in [-0.15, -0.1) is 0 Å². The number of nitrogens with zero attached hydrogens (tertiary/aromatic N) is 1. The van der Waals surface area contributed by atoms with Crippen LogP contribution < -0.4 is 5.73 Å². The van der Waals surface area contributed by atoms with Crippen molar-refractivity contribution < 1.29 is 4.74 Å². The second-order valence-electron chi connectivity index (χ2n) is 3.72. The van der Waals surface area contributed by atoms with Crippen molar-refractivity contribution in [1.82, 2.24) is 4.90 Å². The van der Waals surface area contributed by atoms with E-state index in [-0.39, 0.29) is 6.04 Å². The molecule has 1 rings (SSSR count). The van der Waals surface area contributed by atoms with E-state index < -0.39 is 0 Å². The maximum atomic E-state index is 5.87. The fourth-order valence-electron chi connectivity index (χ4n) is 1.68. The van der Waals surface area contributed by atoms with Gasteiger partial charge in [0.1, 0.15) is 0 Å². The molecule has 0 aliphatic carbocycles. The van der Waals surface area contributed by atoms with Crippen LogP contribution in [-0.2, 0) is 4.74 Å². The molecule has 3 nitrogen and oxygen atoms in total. The molecule has 0 saturated carbocycles. The Morgan fingerprint density at radius 2 is 2.25 bits per heavy atom. The summed E-state index contributed by atoms with van der Waals surface area (Å²) in [6, 6.07) is 0.254. The summed E-state index contributed by atoms with van der Waals surface area (Å²) in [5, 5.41) is 0. The van der Waals surface area contributed by atoms with Gasteiger partial charge in [0.25, 0.3) is 0 Å². The molecule has 0 spiro atoms. The fraction of sp³-hybridized carbons (Fsp3) is 1.00. The number of rotatable bonds is 4. The molecule has 0 bridgehead atoms. The number of ether oxygens (including phenoxy) is 1. The van der Waals surface area contributed by atoms with Gasteiger partial charge in [0.2, 0.25) is 0 Å². The summed E-state index contributed by atoms with van der Waals surface area (Å²) < 4.78 is 5.30. The summed E-state index contributed by atoms with van der Waals surface area (Å²) in [5.41, 5.74) is 5.87. The maximum Gasteiger partial charge on any atom is 0.0621 e. The molecule has 2 atom stereocenters. The van der Waals surface area contributed by atoms with E-state index in [9.17, 15) is 0 Å². The van der Waals surface area contributed by atoms with E-state index in [0.29, 0.717) is 5.92 Å². The molecule has 1 aliphatic heterocycles. The van der Waals surface area contributed by atoms with Crippen LogP contribution in [0.25, 0.3) is 0 Å². The van der Waals surface area contributed by atoms with Crippen molar-refractivity contribution >= 4 is 0 Å². The molecule has 1 heterocycles. The predicted octanol–water partition coefficient (Wildman–Crippen LogP) is 0.302. The quantitative estimate of drug-likeness (QED) is 0.663. The van der Waals surface area contributed by atoms with E-state index in [1.807, 2.05) is 0 Å². The molecular formula is C9H20N2O. The van der Waals surface area contributed by atoms with Crippen molar-refractivity contribution in [2.45, 2.75) is 19.4 Å². The Balaban J connectivity index is 2.20. The highest BCUT2D eigenvalue weighted by molar-refractivity contribution is 4.79. The smallest absolute Gasteiger partial charge is 0.0621 e. The minimum Gasteiger partial charge on any atom is -0.379 e. The van der Waals surface area contributed by atoms with Crippen LogP contribution in [0.2, 0.25) is 0 Å². The van der Waals surface area contributed by atoms with Gasteiger partial charge in [-0.1, -0.05) is 6.92 Å². The summed E-state index contributed by atoms with van der Waals surface area (Å²) in [4.78, 5) is 2.33. The first kappa shape index (κ1) is 9.96. The zero-order valence-corrected chi connectivity index (χ0v) is 8.12. The first-order valence-corrected chi connectivity index (χ1v) is 4.76. The lowest BCUT2D eigenvalue weighted by Crippen LogP contribution is -2.37. The van der Waals surface area contributed by atoms with Gasteiger partial charge >= 0.3 is 0 Å². The first-order chi connectivity index (χ1) is 5.74. The fourth-order valence-corrected chi connectivity index (χ4v) is 1.68. The Morgan fingerprint density at radius 1 is 1.50 bits per heavy atom. The van der Waals surface area contributed by atoms with Crippen LogP contribution in [-0.4, -0.2) is 44.3 Å². The van der Waals surface area contributed by atoms with E-state index in [0.717, 1.165) is 26.3 Å². The van der Waals surface area contributed by atoms with Crippen molar-refractivity contribution in [2.75, 3.05) is 33.4 Å². The van der Waals surface area contributed by atoms with Crippen molar-refractivity contribution in [2.24, 2.45) is 11.7 Å². The summed E-state index contributed by atoms with van der Waals surface area (Å²) in [6.45, 7) is 6.01. The second-order valence-corrected chi connectivity index (χ2v) is 3.72. The SMILES string of the molecule is CCCN(C)CC1COCC1N. The first-order valence-electron chi connectivity index (χ1n) is 4.76. The number of hydrogen-bond donors (Lipinski definition) is 1. The molecule has 3 heteroatoms. The highest BCUT2D eigenvalue weighted by Crippen LogP contribution is 2.12. The Hall–Kier alpha value is -0.120. The summed E-state index contributed by atoms with van der Waals surface area (Å²) in [7, 11) is 2.15. The number of hydrogen-bond acceptors (Lipinski definition) is 3. The summed E-state index contributed by atoms with van der Waals surface area (Å²) >= 11 is 0. The van der Waals surface area contributed by atoms with Gasteiger partial charge in [-0.2, -0.15) is 0 Å². The van der Waals surface area contributed by atoms with Gasteiger partial charge in [-0.05, 0) is 20.0 Å². The van der Waals surface area contributed by atoms with Crippen LogP contribution in [0.15, 0.2) is 0 Å². The van der Waals surface area contributed by atoms with Crippen molar-refractivity contribution in [3.05, 3.63) is 0 Å². The van der Waals surface area contributed by atoms with Gasteiger partial charge in [-0.25, -0.2) is 0 Å². The molecule has 1 fully saturated rings. The highest BCUT2D eigenvalue weighted by atomic mass is 16.5. The summed E-state index contributed by atoms with van der Waals surface area (Å²) in [5.74, 6) is 0.543. The Morgan fingerprint density at radius 3 is 2.75 bits per heavy atom. The average Bonchev–Trinajstić information content (AvgIpc) is 2.37. The van der Waals surface area contributed by atoms with E-state index >= 15 is 0 Å². The van der Waals surface area contributed by atoms with Gasteiger partial charge in [0, 0.05) is 18.5 Å². The van der Waals surface area contributed by atoms with E-state index in [1.54, 1.807) is 0 Å². The topological polar surface area (TPSA) is 38.5 Å². The highest BCUT2D eigenvalue weighted by Gasteiger charge is 2.25. The van der Waals surface area contributed by atoms with Crippen LogP contribution in [0.4, 0.5) is 0 Å². The molecule has 0 aromatic rings.